The zero-order valence-electron chi connectivity index (χ0n) is 13.5. The molecule has 1 heterocycles. The molecule has 0 aliphatic carbocycles. The molecule has 7 heteroatoms. The van der Waals surface area contributed by atoms with Crippen molar-refractivity contribution in [2.24, 2.45) is 0 Å². The van der Waals surface area contributed by atoms with Crippen molar-refractivity contribution < 1.29 is 13.2 Å². The van der Waals surface area contributed by atoms with Gasteiger partial charge < -0.3 is 5.32 Å². The fourth-order valence-electron chi connectivity index (χ4n) is 2.84. The van der Waals surface area contributed by atoms with Crippen molar-refractivity contribution in [2.75, 3.05) is 25.9 Å². The van der Waals surface area contributed by atoms with Crippen LogP contribution in [0.1, 0.15) is 24.8 Å². The first kappa shape index (κ1) is 17.9. The maximum absolute atomic E-state index is 12.4. The van der Waals surface area contributed by atoms with Crippen LogP contribution < -0.4 is 10.0 Å². The molecule has 0 unspecified atom stereocenters. The number of hydrogen-bond acceptors (Lipinski definition) is 4. The standard InChI is InChI=1S/C16H25N3O3S/c1-23(21,22)18-11-10-17-16(20)15-9-5-6-12-19(15)13-14-7-3-2-4-8-14/h2-4,7-8,15,18H,5-6,9-13H2,1H3,(H,17,20)/t15-/m1/s1. The SMILES string of the molecule is CS(=O)(=O)NCCNC(=O)[C@H]1CCCCN1Cc1ccccc1. The molecule has 128 valence electrons. The van der Waals surface area contributed by atoms with Crippen LogP contribution in [0.5, 0.6) is 0 Å². The lowest BCUT2D eigenvalue weighted by atomic mass is 10.0. The maximum atomic E-state index is 12.4. The van der Waals surface area contributed by atoms with E-state index in [0.717, 1.165) is 38.6 Å². The average molecular weight is 339 g/mol. The highest BCUT2D eigenvalue weighted by Gasteiger charge is 2.28. The van der Waals surface area contributed by atoms with E-state index in [-0.39, 0.29) is 18.5 Å². The summed E-state index contributed by atoms with van der Waals surface area (Å²) in [6, 6.07) is 10.00. The summed E-state index contributed by atoms with van der Waals surface area (Å²) in [4.78, 5) is 14.6. The van der Waals surface area contributed by atoms with E-state index in [1.165, 1.54) is 5.56 Å². The van der Waals surface area contributed by atoms with Gasteiger partial charge in [-0.25, -0.2) is 13.1 Å². The summed E-state index contributed by atoms with van der Waals surface area (Å²) in [5.41, 5.74) is 1.20. The summed E-state index contributed by atoms with van der Waals surface area (Å²) >= 11 is 0. The third-order valence-electron chi connectivity index (χ3n) is 3.93. The van der Waals surface area contributed by atoms with Crippen molar-refractivity contribution in [3.05, 3.63) is 35.9 Å². The molecule has 0 spiro atoms. The van der Waals surface area contributed by atoms with E-state index >= 15 is 0 Å². The first-order valence-electron chi connectivity index (χ1n) is 7.96. The Bertz CT molecular complexity index is 604. The Morgan fingerprint density at radius 2 is 1.96 bits per heavy atom. The van der Waals surface area contributed by atoms with Crippen LogP contribution in [0.2, 0.25) is 0 Å². The van der Waals surface area contributed by atoms with Gasteiger partial charge in [-0.15, -0.1) is 0 Å². The number of likely N-dealkylation sites (tertiary alicyclic amines) is 1. The van der Waals surface area contributed by atoms with Gasteiger partial charge in [0.2, 0.25) is 15.9 Å². The lowest BCUT2D eigenvalue weighted by Gasteiger charge is -2.34. The van der Waals surface area contributed by atoms with Gasteiger partial charge in [0, 0.05) is 19.6 Å². The Kier molecular flexibility index (Phi) is 6.56. The van der Waals surface area contributed by atoms with E-state index in [2.05, 4.69) is 27.1 Å². The lowest BCUT2D eigenvalue weighted by molar-refractivity contribution is -0.127. The minimum atomic E-state index is -3.21. The molecule has 6 nitrogen and oxygen atoms in total. The Balaban J connectivity index is 1.86. The van der Waals surface area contributed by atoms with Gasteiger partial charge in [-0.05, 0) is 24.9 Å². The predicted octanol–water partition coefficient (Wildman–Crippen LogP) is 0.707. The second-order valence-electron chi connectivity index (χ2n) is 5.93. The number of carbonyl (C=O) groups is 1. The molecule has 0 radical (unpaired) electrons. The van der Waals surface area contributed by atoms with Crippen molar-refractivity contribution in [2.45, 2.75) is 31.8 Å². The molecule has 2 rings (SSSR count). The molecule has 0 bridgehead atoms. The van der Waals surface area contributed by atoms with Gasteiger partial charge in [0.1, 0.15) is 0 Å². The molecule has 1 aliphatic heterocycles. The third kappa shape index (κ3) is 6.29. The van der Waals surface area contributed by atoms with Crippen LogP contribution in [0.3, 0.4) is 0 Å². The normalized spacial score (nSPS) is 19.4. The van der Waals surface area contributed by atoms with E-state index in [9.17, 15) is 13.2 Å². The lowest BCUT2D eigenvalue weighted by Crippen LogP contribution is -2.50. The highest BCUT2D eigenvalue weighted by atomic mass is 32.2. The zero-order valence-corrected chi connectivity index (χ0v) is 14.3. The summed E-state index contributed by atoms with van der Waals surface area (Å²) in [7, 11) is -3.21. The minimum Gasteiger partial charge on any atom is -0.353 e. The molecule has 2 N–H and O–H groups in total. The minimum absolute atomic E-state index is 0.0177. The number of carbonyl (C=O) groups excluding carboxylic acids is 1. The second-order valence-corrected chi connectivity index (χ2v) is 7.76. The smallest absolute Gasteiger partial charge is 0.237 e. The van der Waals surface area contributed by atoms with Gasteiger partial charge in [0.05, 0.1) is 12.3 Å². The number of nitrogens with zero attached hydrogens (tertiary/aromatic N) is 1. The van der Waals surface area contributed by atoms with Crippen LogP contribution >= 0.6 is 0 Å². The van der Waals surface area contributed by atoms with E-state index in [4.69, 9.17) is 0 Å². The Labute approximate surface area is 138 Å². The zero-order chi connectivity index (χ0) is 16.7. The fraction of sp³-hybridized carbons (Fsp3) is 0.562. The molecule has 0 aromatic heterocycles. The molecule has 1 aliphatic rings. The molecule has 0 saturated carbocycles. The molecule has 1 amide bonds. The van der Waals surface area contributed by atoms with Gasteiger partial charge in [0.15, 0.2) is 0 Å². The summed E-state index contributed by atoms with van der Waals surface area (Å²) in [6.07, 6.45) is 4.10. The van der Waals surface area contributed by atoms with Crippen LogP contribution in [-0.2, 0) is 21.4 Å². The van der Waals surface area contributed by atoms with Gasteiger partial charge >= 0.3 is 0 Å². The number of benzene rings is 1. The maximum Gasteiger partial charge on any atom is 0.237 e. The number of nitrogens with one attached hydrogen (secondary N) is 2. The van der Waals surface area contributed by atoms with Crippen molar-refractivity contribution >= 4 is 15.9 Å². The molecule has 1 aromatic carbocycles. The van der Waals surface area contributed by atoms with Crippen molar-refractivity contribution in [3.8, 4) is 0 Å². The molecule has 1 saturated heterocycles. The number of piperidine rings is 1. The Morgan fingerprint density at radius 1 is 1.22 bits per heavy atom. The first-order valence-corrected chi connectivity index (χ1v) is 9.85. The predicted molar refractivity (Wildman–Crippen MR) is 90.3 cm³/mol. The molecule has 23 heavy (non-hydrogen) atoms. The molecule has 1 aromatic rings. The Hall–Kier alpha value is -1.44. The highest BCUT2D eigenvalue weighted by molar-refractivity contribution is 7.88. The summed E-state index contributed by atoms with van der Waals surface area (Å²) < 4.78 is 24.4. The molecule has 1 atom stereocenters. The van der Waals surface area contributed by atoms with Crippen LogP contribution in [0.4, 0.5) is 0 Å². The summed E-state index contributed by atoms with van der Waals surface area (Å²) in [5, 5.41) is 2.83. The topological polar surface area (TPSA) is 78.5 Å². The van der Waals surface area contributed by atoms with E-state index in [1.54, 1.807) is 0 Å². The number of amides is 1. The van der Waals surface area contributed by atoms with E-state index in [0.29, 0.717) is 6.54 Å². The summed E-state index contributed by atoms with van der Waals surface area (Å²) in [6.45, 7) is 2.20. The van der Waals surface area contributed by atoms with Gasteiger partial charge in [0.25, 0.3) is 0 Å². The van der Waals surface area contributed by atoms with Crippen LogP contribution in [0, 0.1) is 0 Å². The van der Waals surface area contributed by atoms with Gasteiger partial charge in [-0.3, -0.25) is 9.69 Å². The summed E-state index contributed by atoms with van der Waals surface area (Å²) in [5.74, 6) is -0.0177. The number of sulfonamides is 1. The number of hydrogen-bond donors (Lipinski definition) is 2. The quantitative estimate of drug-likeness (QED) is 0.717. The van der Waals surface area contributed by atoms with Gasteiger partial charge in [-0.1, -0.05) is 36.8 Å². The van der Waals surface area contributed by atoms with Crippen LogP contribution in [0.25, 0.3) is 0 Å². The fourth-order valence-corrected chi connectivity index (χ4v) is 3.31. The average Bonchev–Trinajstić information content (AvgIpc) is 2.52. The van der Waals surface area contributed by atoms with E-state index in [1.807, 2.05) is 18.2 Å². The van der Waals surface area contributed by atoms with Crippen molar-refractivity contribution in [1.82, 2.24) is 14.9 Å². The molecular weight excluding hydrogens is 314 g/mol. The molecular formula is C16H25N3O3S. The van der Waals surface area contributed by atoms with Crippen LogP contribution in [0.15, 0.2) is 30.3 Å². The third-order valence-corrected chi connectivity index (χ3v) is 4.66. The second kappa shape index (κ2) is 8.42. The number of rotatable bonds is 7. The van der Waals surface area contributed by atoms with Gasteiger partial charge in [-0.2, -0.15) is 0 Å². The van der Waals surface area contributed by atoms with Crippen molar-refractivity contribution in [3.63, 3.8) is 0 Å². The molecule has 1 fully saturated rings. The largest absolute Gasteiger partial charge is 0.353 e. The highest BCUT2D eigenvalue weighted by Crippen LogP contribution is 2.19. The van der Waals surface area contributed by atoms with E-state index < -0.39 is 10.0 Å². The first-order chi connectivity index (χ1) is 11.0. The van der Waals surface area contributed by atoms with Crippen molar-refractivity contribution in [1.29, 1.82) is 0 Å². The Morgan fingerprint density at radius 3 is 2.65 bits per heavy atom. The van der Waals surface area contributed by atoms with Crippen LogP contribution in [-0.4, -0.2) is 51.2 Å². The monoisotopic (exact) mass is 339 g/mol.